The molecule has 0 N–H and O–H groups in total. The molecule has 0 heterocycles. The molecule has 2 saturated carbocycles. The number of carbonyl (C=O) groups excluding carboxylic acids is 2. The summed E-state index contributed by atoms with van der Waals surface area (Å²) in [6.07, 6.45) is 7.61. The molecule has 0 saturated heterocycles. The normalized spacial score (nSPS) is 47.9. The highest BCUT2D eigenvalue weighted by atomic mass is 16.5. The average molecular weight is 262 g/mol. The van der Waals surface area contributed by atoms with Crippen LogP contribution in [0, 0.1) is 28.6 Å². The van der Waals surface area contributed by atoms with Crippen molar-refractivity contribution in [3.63, 3.8) is 0 Å². The molecule has 5 atom stereocenters. The number of esters is 1. The van der Waals surface area contributed by atoms with Crippen molar-refractivity contribution in [1.82, 2.24) is 0 Å². The first-order valence-corrected chi connectivity index (χ1v) is 7.20. The number of ether oxygens (including phenoxy) is 1. The topological polar surface area (TPSA) is 43.4 Å². The van der Waals surface area contributed by atoms with Gasteiger partial charge in [0.2, 0.25) is 0 Å². The van der Waals surface area contributed by atoms with Crippen LogP contribution in [0.5, 0.6) is 0 Å². The number of hydrogen-bond acceptors (Lipinski definition) is 3. The molecule has 0 aromatic heterocycles. The zero-order valence-electron chi connectivity index (χ0n) is 11.9. The Bertz CT molecular complexity index is 467. The fourth-order valence-corrected chi connectivity index (χ4v) is 4.82. The van der Waals surface area contributed by atoms with Gasteiger partial charge in [0.15, 0.2) is 0 Å². The third kappa shape index (κ3) is 1.56. The van der Waals surface area contributed by atoms with Gasteiger partial charge in [-0.3, -0.25) is 9.59 Å². The number of Topliss-reactive ketones (excluding diaryl/α,β-unsaturated/α-hetero) is 1. The molecule has 0 aromatic carbocycles. The molecule has 0 unspecified atom stereocenters. The van der Waals surface area contributed by atoms with Crippen molar-refractivity contribution in [2.75, 3.05) is 7.11 Å². The van der Waals surface area contributed by atoms with Gasteiger partial charge in [0.1, 0.15) is 5.78 Å². The minimum absolute atomic E-state index is 0.109. The van der Waals surface area contributed by atoms with E-state index in [1.807, 2.05) is 6.92 Å². The Morgan fingerprint density at radius 2 is 2.05 bits per heavy atom. The summed E-state index contributed by atoms with van der Waals surface area (Å²) in [4.78, 5) is 24.7. The number of hydrogen-bond donors (Lipinski definition) is 0. The standard InChI is InChI=1S/C16H22O3/c1-15(14(18)19-3)8-11-10-6-4-5-7-16(2,13(10)17)12(11)9-15/h4-5,10-12H,6-9H2,1-3H3/t10-,11-,12-,15+,16+/m1/s1. The third-order valence-electron chi connectivity index (χ3n) is 5.89. The predicted molar refractivity (Wildman–Crippen MR) is 71.3 cm³/mol. The zero-order chi connectivity index (χ0) is 13.8. The molecule has 0 radical (unpaired) electrons. The molecule has 3 rings (SSSR count). The van der Waals surface area contributed by atoms with Crippen molar-refractivity contribution < 1.29 is 14.3 Å². The minimum atomic E-state index is -0.394. The van der Waals surface area contributed by atoms with E-state index >= 15 is 0 Å². The first-order chi connectivity index (χ1) is 8.92. The lowest BCUT2D eigenvalue weighted by Crippen LogP contribution is -2.33. The molecular formula is C16H22O3. The second kappa shape index (κ2) is 3.94. The van der Waals surface area contributed by atoms with Gasteiger partial charge >= 0.3 is 5.97 Å². The van der Waals surface area contributed by atoms with Gasteiger partial charge in [0.05, 0.1) is 12.5 Å². The molecule has 19 heavy (non-hydrogen) atoms. The van der Waals surface area contributed by atoms with Crippen molar-refractivity contribution in [2.24, 2.45) is 28.6 Å². The van der Waals surface area contributed by atoms with Crippen LogP contribution in [-0.2, 0) is 14.3 Å². The highest BCUT2D eigenvalue weighted by Crippen LogP contribution is 2.63. The summed E-state index contributed by atoms with van der Waals surface area (Å²) in [6, 6.07) is 0. The van der Waals surface area contributed by atoms with Crippen LogP contribution >= 0.6 is 0 Å². The molecule has 0 spiro atoms. The molecule has 0 amide bonds. The lowest BCUT2D eigenvalue weighted by atomic mass is 9.72. The first-order valence-electron chi connectivity index (χ1n) is 7.20. The van der Waals surface area contributed by atoms with Crippen LogP contribution in [0.1, 0.15) is 39.5 Å². The second-order valence-electron chi connectivity index (χ2n) is 7.03. The maximum absolute atomic E-state index is 12.6. The summed E-state index contributed by atoms with van der Waals surface area (Å²) < 4.78 is 4.98. The van der Waals surface area contributed by atoms with E-state index in [1.165, 1.54) is 7.11 Å². The summed E-state index contributed by atoms with van der Waals surface area (Å²) in [6.45, 7) is 4.11. The van der Waals surface area contributed by atoms with E-state index in [2.05, 4.69) is 19.1 Å². The molecule has 3 aliphatic carbocycles. The van der Waals surface area contributed by atoms with E-state index in [-0.39, 0.29) is 17.3 Å². The quantitative estimate of drug-likeness (QED) is 0.539. The number of methoxy groups -OCH3 is 1. The monoisotopic (exact) mass is 262 g/mol. The van der Waals surface area contributed by atoms with Crippen LogP contribution in [0.15, 0.2) is 12.2 Å². The SMILES string of the molecule is COC(=O)[C@@]1(C)C[C@H]2[C@@H](C1)[C@]1(C)CC=CC[C@H]2C1=O. The van der Waals surface area contributed by atoms with E-state index in [9.17, 15) is 9.59 Å². The number of rotatable bonds is 1. The Labute approximate surface area is 114 Å². The molecule has 0 aromatic rings. The fraction of sp³-hybridized carbons (Fsp3) is 0.750. The van der Waals surface area contributed by atoms with Crippen molar-refractivity contribution in [2.45, 2.75) is 39.5 Å². The smallest absolute Gasteiger partial charge is 0.311 e. The van der Waals surface area contributed by atoms with Crippen LogP contribution in [-0.4, -0.2) is 18.9 Å². The lowest BCUT2D eigenvalue weighted by molar-refractivity contribution is -0.152. The van der Waals surface area contributed by atoms with Gasteiger partial charge in [0.25, 0.3) is 0 Å². The summed E-state index contributed by atoms with van der Waals surface area (Å²) >= 11 is 0. The highest BCUT2D eigenvalue weighted by Gasteiger charge is 2.63. The van der Waals surface area contributed by atoms with Gasteiger partial charge in [-0.1, -0.05) is 19.1 Å². The van der Waals surface area contributed by atoms with Crippen molar-refractivity contribution in [3.05, 3.63) is 12.2 Å². The molecule has 2 fully saturated rings. The van der Waals surface area contributed by atoms with E-state index in [0.29, 0.717) is 17.6 Å². The minimum Gasteiger partial charge on any atom is -0.469 e. The summed E-state index contributed by atoms with van der Waals surface area (Å²) in [5.41, 5.74) is -0.650. The highest BCUT2D eigenvalue weighted by molar-refractivity contribution is 5.91. The van der Waals surface area contributed by atoms with E-state index in [0.717, 1.165) is 25.7 Å². The summed E-state index contributed by atoms with van der Waals surface area (Å²) in [5, 5.41) is 0. The lowest BCUT2D eigenvalue weighted by Gasteiger charge is -2.30. The van der Waals surface area contributed by atoms with E-state index in [4.69, 9.17) is 4.74 Å². The Hall–Kier alpha value is -1.12. The summed E-state index contributed by atoms with van der Waals surface area (Å²) in [7, 11) is 1.46. The molecule has 0 aliphatic heterocycles. The van der Waals surface area contributed by atoms with E-state index in [1.54, 1.807) is 0 Å². The largest absolute Gasteiger partial charge is 0.469 e. The van der Waals surface area contributed by atoms with Crippen LogP contribution < -0.4 is 0 Å². The van der Waals surface area contributed by atoms with Crippen LogP contribution in [0.2, 0.25) is 0 Å². The van der Waals surface area contributed by atoms with Gasteiger partial charge in [0, 0.05) is 11.3 Å². The Kier molecular flexibility index (Phi) is 2.67. The van der Waals surface area contributed by atoms with Crippen LogP contribution in [0.4, 0.5) is 0 Å². The van der Waals surface area contributed by atoms with Crippen molar-refractivity contribution in [3.8, 4) is 0 Å². The first kappa shape index (κ1) is 12.9. The zero-order valence-corrected chi connectivity index (χ0v) is 11.9. The molecule has 104 valence electrons. The Morgan fingerprint density at radius 3 is 2.74 bits per heavy atom. The maximum atomic E-state index is 12.6. The van der Waals surface area contributed by atoms with Crippen LogP contribution in [0.25, 0.3) is 0 Å². The second-order valence-corrected chi connectivity index (χ2v) is 7.03. The number of ketones is 1. The van der Waals surface area contributed by atoms with Gasteiger partial charge in [-0.05, 0) is 44.4 Å². The fourth-order valence-electron chi connectivity index (χ4n) is 4.82. The number of allylic oxidation sites excluding steroid dienone is 2. The molecular weight excluding hydrogens is 240 g/mol. The van der Waals surface area contributed by atoms with Gasteiger partial charge < -0.3 is 4.74 Å². The number of fused-ring (bicyclic) bond motifs is 5. The molecule has 3 nitrogen and oxygen atoms in total. The van der Waals surface area contributed by atoms with Crippen molar-refractivity contribution in [1.29, 1.82) is 0 Å². The summed E-state index contributed by atoms with van der Waals surface area (Å²) in [5.74, 6) is 1.16. The average Bonchev–Trinajstić information content (AvgIpc) is 2.76. The van der Waals surface area contributed by atoms with Crippen LogP contribution in [0.3, 0.4) is 0 Å². The molecule has 2 bridgehead atoms. The maximum Gasteiger partial charge on any atom is 0.311 e. The Balaban J connectivity index is 1.96. The Morgan fingerprint density at radius 1 is 1.32 bits per heavy atom. The van der Waals surface area contributed by atoms with Crippen molar-refractivity contribution >= 4 is 11.8 Å². The van der Waals surface area contributed by atoms with Gasteiger partial charge in [-0.15, -0.1) is 0 Å². The third-order valence-corrected chi connectivity index (χ3v) is 5.89. The van der Waals surface area contributed by atoms with Gasteiger partial charge in [-0.25, -0.2) is 0 Å². The molecule has 3 heteroatoms. The predicted octanol–water partition coefficient (Wildman–Crippen LogP) is 2.75. The van der Waals surface area contributed by atoms with E-state index < -0.39 is 5.41 Å². The van der Waals surface area contributed by atoms with Gasteiger partial charge in [-0.2, -0.15) is 0 Å². The number of carbonyl (C=O) groups is 2. The molecule has 3 aliphatic rings.